The Bertz CT molecular complexity index is 743. The zero-order valence-electron chi connectivity index (χ0n) is 19.9. The highest BCUT2D eigenvalue weighted by Crippen LogP contribution is 2.20. The number of carbonyl (C=O) groups excluding carboxylic acids is 1. The molecule has 0 aliphatic carbocycles. The number of nitrogens with zero attached hydrogens (tertiary/aromatic N) is 3. The monoisotopic (exact) mass is 558 g/mol. The van der Waals surface area contributed by atoms with Crippen LogP contribution in [-0.2, 0) is 27.4 Å². The first-order chi connectivity index (χ1) is 15.0. The summed E-state index contributed by atoms with van der Waals surface area (Å²) in [5.74, 6) is 0.838. The van der Waals surface area contributed by atoms with Gasteiger partial charge in [0.05, 0.1) is 24.7 Å². The van der Waals surface area contributed by atoms with Crippen LogP contribution in [0, 0.1) is 5.92 Å². The lowest BCUT2D eigenvalue weighted by Crippen LogP contribution is -2.46. The van der Waals surface area contributed by atoms with Crippen LogP contribution in [0.25, 0.3) is 0 Å². The molecular weight excluding hydrogens is 519 g/mol. The van der Waals surface area contributed by atoms with Gasteiger partial charge in [-0.2, -0.15) is 0 Å². The molecule has 2 atom stereocenters. The predicted octanol–water partition coefficient (Wildman–Crippen LogP) is 3.26. The van der Waals surface area contributed by atoms with E-state index in [4.69, 9.17) is 9.47 Å². The summed E-state index contributed by atoms with van der Waals surface area (Å²) in [4.78, 5) is 21.2. The number of nitrogens with one attached hydrogen (secondary N) is 1. The van der Waals surface area contributed by atoms with Crippen molar-refractivity contribution in [3.63, 3.8) is 0 Å². The molecule has 0 bridgehead atoms. The number of morpholine rings is 1. The number of hydrogen-bond acceptors (Lipinski definition) is 5. The van der Waals surface area contributed by atoms with Gasteiger partial charge in [0.2, 0.25) is 0 Å². The maximum Gasteiger partial charge on any atom is 0.309 e. The van der Waals surface area contributed by atoms with Crippen molar-refractivity contribution in [2.45, 2.75) is 58.9 Å². The predicted molar refractivity (Wildman–Crippen MR) is 138 cm³/mol. The van der Waals surface area contributed by atoms with Crippen molar-refractivity contribution in [3.05, 3.63) is 35.4 Å². The van der Waals surface area contributed by atoms with Crippen LogP contribution in [0.5, 0.6) is 0 Å². The molecule has 3 rings (SSSR count). The van der Waals surface area contributed by atoms with Crippen LogP contribution in [0.1, 0.15) is 44.7 Å². The summed E-state index contributed by atoms with van der Waals surface area (Å²) in [6, 6.07) is 8.62. The number of carbonyl (C=O) groups is 1. The lowest BCUT2D eigenvalue weighted by molar-refractivity contribution is -0.149. The Kier molecular flexibility index (Phi) is 11.2. The van der Waals surface area contributed by atoms with Crippen LogP contribution in [0.15, 0.2) is 29.3 Å². The van der Waals surface area contributed by atoms with Crippen molar-refractivity contribution < 1.29 is 14.3 Å². The molecule has 7 nitrogen and oxygen atoms in total. The number of piperidine rings is 1. The number of halogens is 1. The van der Waals surface area contributed by atoms with Crippen LogP contribution in [-0.4, -0.2) is 73.8 Å². The highest BCUT2D eigenvalue weighted by atomic mass is 127. The molecule has 0 aromatic heterocycles. The summed E-state index contributed by atoms with van der Waals surface area (Å²) in [7, 11) is 1.82. The largest absolute Gasteiger partial charge is 0.466 e. The summed E-state index contributed by atoms with van der Waals surface area (Å²) >= 11 is 0. The molecule has 2 unspecified atom stereocenters. The van der Waals surface area contributed by atoms with E-state index in [-0.39, 0.29) is 48.1 Å². The standard InChI is InChI=1S/C24H38N4O3.HI/c1-5-30-23(29)20-10-12-28(13-11-20)24(25-4)26-14-21-8-6-7-9-22(21)17-27-15-18(2)31-19(3)16-27;/h6-9,18-20H,5,10-17H2,1-4H3,(H,25,26);1H. The first-order valence-electron chi connectivity index (χ1n) is 11.6. The summed E-state index contributed by atoms with van der Waals surface area (Å²) < 4.78 is 11.1. The summed E-state index contributed by atoms with van der Waals surface area (Å²) in [5.41, 5.74) is 2.63. The van der Waals surface area contributed by atoms with E-state index in [1.807, 2.05) is 14.0 Å². The van der Waals surface area contributed by atoms with Gasteiger partial charge in [-0.05, 0) is 44.7 Å². The van der Waals surface area contributed by atoms with Gasteiger partial charge in [0, 0.05) is 46.3 Å². The SMILES string of the molecule is CCOC(=O)C1CCN(C(=NC)NCc2ccccc2CN2CC(C)OC(C)C2)CC1.I. The molecule has 0 radical (unpaired) electrons. The molecule has 180 valence electrons. The molecule has 1 aromatic rings. The molecule has 2 saturated heterocycles. The van der Waals surface area contributed by atoms with Gasteiger partial charge in [-0.3, -0.25) is 14.7 Å². The maximum absolute atomic E-state index is 12.0. The zero-order valence-corrected chi connectivity index (χ0v) is 22.2. The second-order valence-corrected chi connectivity index (χ2v) is 8.63. The van der Waals surface area contributed by atoms with E-state index >= 15 is 0 Å². The lowest BCUT2D eigenvalue weighted by Gasteiger charge is -2.36. The van der Waals surface area contributed by atoms with Gasteiger partial charge in [0.1, 0.15) is 0 Å². The molecular formula is C24H39IN4O3. The number of esters is 1. The first kappa shape index (κ1) is 26.9. The van der Waals surface area contributed by atoms with E-state index in [9.17, 15) is 4.79 Å². The fourth-order valence-corrected chi connectivity index (χ4v) is 4.63. The molecule has 2 heterocycles. The van der Waals surface area contributed by atoms with Crippen LogP contribution in [0.2, 0.25) is 0 Å². The quantitative estimate of drug-likeness (QED) is 0.250. The Balaban J connectivity index is 0.00000363. The normalized spacial score (nSPS) is 22.9. The molecule has 8 heteroatoms. The second-order valence-electron chi connectivity index (χ2n) is 8.63. The fraction of sp³-hybridized carbons (Fsp3) is 0.667. The van der Waals surface area contributed by atoms with Crippen LogP contribution < -0.4 is 5.32 Å². The van der Waals surface area contributed by atoms with Crippen molar-refractivity contribution in [2.24, 2.45) is 10.9 Å². The molecule has 0 saturated carbocycles. The van der Waals surface area contributed by atoms with Gasteiger partial charge in [0.15, 0.2) is 5.96 Å². The van der Waals surface area contributed by atoms with Gasteiger partial charge in [-0.25, -0.2) is 0 Å². The molecule has 2 fully saturated rings. The average molecular weight is 559 g/mol. The fourth-order valence-electron chi connectivity index (χ4n) is 4.63. The third kappa shape index (κ3) is 7.59. The molecule has 0 spiro atoms. The number of benzene rings is 1. The van der Waals surface area contributed by atoms with E-state index in [1.54, 1.807) is 0 Å². The van der Waals surface area contributed by atoms with Crippen molar-refractivity contribution in [1.29, 1.82) is 0 Å². The van der Waals surface area contributed by atoms with Gasteiger partial charge in [0.25, 0.3) is 0 Å². The van der Waals surface area contributed by atoms with Gasteiger partial charge in [-0.1, -0.05) is 24.3 Å². The molecule has 1 aromatic carbocycles. The first-order valence-corrected chi connectivity index (χ1v) is 11.6. The van der Waals surface area contributed by atoms with Crippen molar-refractivity contribution in [2.75, 3.05) is 39.8 Å². The van der Waals surface area contributed by atoms with Crippen LogP contribution in [0.4, 0.5) is 0 Å². The summed E-state index contributed by atoms with van der Waals surface area (Å²) in [6.45, 7) is 11.8. The van der Waals surface area contributed by atoms with E-state index in [1.165, 1.54) is 11.1 Å². The number of rotatable bonds is 6. The highest BCUT2D eigenvalue weighted by molar-refractivity contribution is 14.0. The minimum Gasteiger partial charge on any atom is -0.466 e. The third-order valence-corrected chi connectivity index (χ3v) is 6.07. The lowest BCUT2D eigenvalue weighted by atomic mass is 9.97. The minimum absolute atomic E-state index is 0. The van der Waals surface area contributed by atoms with E-state index in [0.717, 1.165) is 58.1 Å². The Hall–Kier alpha value is -1.39. The third-order valence-electron chi connectivity index (χ3n) is 6.07. The summed E-state index contributed by atoms with van der Waals surface area (Å²) in [6.07, 6.45) is 2.16. The number of hydrogen-bond donors (Lipinski definition) is 1. The van der Waals surface area contributed by atoms with Gasteiger partial charge >= 0.3 is 5.97 Å². The molecule has 1 N–H and O–H groups in total. The number of guanidine groups is 1. The molecule has 32 heavy (non-hydrogen) atoms. The van der Waals surface area contributed by atoms with E-state index in [0.29, 0.717) is 6.61 Å². The Morgan fingerprint density at radius 3 is 2.38 bits per heavy atom. The average Bonchev–Trinajstić information content (AvgIpc) is 2.75. The topological polar surface area (TPSA) is 66.4 Å². The van der Waals surface area contributed by atoms with E-state index in [2.05, 4.69) is 58.2 Å². The highest BCUT2D eigenvalue weighted by Gasteiger charge is 2.27. The number of likely N-dealkylation sites (tertiary alicyclic amines) is 1. The van der Waals surface area contributed by atoms with Crippen LogP contribution >= 0.6 is 24.0 Å². The van der Waals surface area contributed by atoms with Crippen LogP contribution in [0.3, 0.4) is 0 Å². The van der Waals surface area contributed by atoms with Gasteiger partial charge < -0.3 is 19.7 Å². The number of aliphatic imine (C=N–C) groups is 1. The van der Waals surface area contributed by atoms with Crippen molar-refractivity contribution >= 4 is 35.9 Å². The van der Waals surface area contributed by atoms with Gasteiger partial charge in [-0.15, -0.1) is 24.0 Å². The Morgan fingerprint density at radius 1 is 1.16 bits per heavy atom. The molecule has 2 aliphatic rings. The molecule has 0 amide bonds. The second kappa shape index (κ2) is 13.3. The molecule has 2 aliphatic heterocycles. The Labute approximate surface area is 209 Å². The minimum atomic E-state index is -0.0641. The van der Waals surface area contributed by atoms with E-state index < -0.39 is 0 Å². The van der Waals surface area contributed by atoms with Crippen molar-refractivity contribution in [1.82, 2.24) is 15.1 Å². The summed E-state index contributed by atoms with van der Waals surface area (Å²) in [5, 5.41) is 3.54. The van der Waals surface area contributed by atoms with Crippen molar-refractivity contribution in [3.8, 4) is 0 Å². The zero-order chi connectivity index (χ0) is 22.2. The maximum atomic E-state index is 12.0. The smallest absolute Gasteiger partial charge is 0.309 e. The Morgan fingerprint density at radius 2 is 1.78 bits per heavy atom. The number of ether oxygens (including phenoxy) is 2.